The summed E-state index contributed by atoms with van der Waals surface area (Å²) >= 11 is 0. The number of rotatable bonds is 5. The van der Waals surface area contributed by atoms with Gasteiger partial charge in [-0.1, -0.05) is 26.0 Å². The number of carboxylic acid groups (broad SMARTS) is 1. The van der Waals surface area contributed by atoms with Crippen LogP contribution < -0.4 is 5.32 Å². The molecular formula is C20H25N3O3. The molecule has 1 amide bonds. The van der Waals surface area contributed by atoms with Gasteiger partial charge in [0.05, 0.1) is 29.3 Å². The van der Waals surface area contributed by atoms with Crippen LogP contribution in [0.25, 0.3) is 5.69 Å². The smallest absolute Gasteiger partial charge is 0.307 e. The molecule has 1 aliphatic rings. The maximum atomic E-state index is 12.5. The Hall–Kier alpha value is -2.63. The van der Waals surface area contributed by atoms with Crippen molar-refractivity contribution in [2.45, 2.75) is 40.7 Å². The summed E-state index contributed by atoms with van der Waals surface area (Å²) < 4.78 is 1.88. The van der Waals surface area contributed by atoms with Gasteiger partial charge in [-0.3, -0.25) is 9.59 Å². The standard InChI is InChI=1S/C20H25N3O3/c1-11-10-12(2)23(22-11)15-8-6-14(7-9-15)13(3)21-18(24)16-17(19(25)26)20(16,4)5/h6-10,13,16-17H,1-5H3,(H,21,24)(H,25,26)/t13?,16-,17+/m0/s1. The Kier molecular flexibility index (Phi) is 4.38. The molecule has 2 N–H and O–H groups in total. The fourth-order valence-electron chi connectivity index (χ4n) is 3.77. The number of nitrogens with zero attached hydrogens (tertiary/aromatic N) is 2. The number of aliphatic carboxylic acids is 1. The molecule has 1 saturated carbocycles. The van der Waals surface area contributed by atoms with Gasteiger partial charge in [0.15, 0.2) is 0 Å². The third-order valence-electron chi connectivity index (χ3n) is 5.38. The van der Waals surface area contributed by atoms with Gasteiger partial charge in [0.2, 0.25) is 5.91 Å². The Balaban J connectivity index is 1.69. The molecule has 6 nitrogen and oxygen atoms in total. The fourth-order valence-corrected chi connectivity index (χ4v) is 3.77. The minimum atomic E-state index is -0.906. The first-order chi connectivity index (χ1) is 12.1. The van der Waals surface area contributed by atoms with Crippen LogP contribution in [0.2, 0.25) is 0 Å². The summed E-state index contributed by atoms with van der Waals surface area (Å²) in [6.07, 6.45) is 0. The Morgan fingerprint density at radius 1 is 1.19 bits per heavy atom. The Labute approximate surface area is 153 Å². The highest BCUT2D eigenvalue weighted by atomic mass is 16.4. The van der Waals surface area contributed by atoms with E-state index in [0.717, 1.165) is 22.6 Å². The van der Waals surface area contributed by atoms with Crippen molar-refractivity contribution in [3.05, 3.63) is 47.3 Å². The number of carbonyl (C=O) groups excluding carboxylic acids is 1. The van der Waals surface area contributed by atoms with Crippen molar-refractivity contribution in [2.75, 3.05) is 0 Å². The van der Waals surface area contributed by atoms with Gasteiger partial charge in [-0.25, -0.2) is 4.68 Å². The molecule has 0 spiro atoms. The number of hydrogen-bond donors (Lipinski definition) is 2. The van der Waals surface area contributed by atoms with Gasteiger partial charge in [0.1, 0.15) is 0 Å². The highest BCUT2D eigenvalue weighted by Crippen LogP contribution is 2.58. The van der Waals surface area contributed by atoms with E-state index in [1.807, 2.05) is 69.6 Å². The molecule has 26 heavy (non-hydrogen) atoms. The molecule has 1 aromatic carbocycles. The third-order valence-corrected chi connectivity index (χ3v) is 5.38. The van der Waals surface area contributed by atoms with E-state index < -0.39 is 23.2 Å². The zero-order valence-electron chi connectivity index (χ0n) is 15.8. The Morgan fingerprint density at radius 3 is 2.27 bits per heavy atom. The van der Waals surface area contributed by atoms with Crippen LogP contribution in [-0.2, 0) is 9.59 Å². The normalized spacial score (nSPS) is 21.9. The van der Waals surface area contributed by atoms with Crippen LogP contribution in [0.15, 0.2) is 30.3 Å². The summed E-state index contributed by atoms with van der Waals surface area (Å²) in [5.41, 5.74) is 3.47. The van der Waals surface area contributed by atoms with E-state index in [1.165, 1.54) is 0 Å². The second-order valence-corrected chi connectivity index (χ2v) is 7.78. The van der Waals surface area contributed by atoms with E-state index in [0.29, 0.717) is 0 Å². The summed E-state index contributed by atoms with van der Waals surface area (Å²) in [5, 5.41) is 16.6. The van der Waals surface area contributed by atoms with E-state index in [1.54, 1.807) is 0 Å². The first kappa shape index (κ1) is 18.2. The quantitative estimate of drug-likeness (QED) is 0.863. The molecule has 0 saturated heterocycles. The lowest BCUT2D eigenvalue weighted by atomic mass is 10.1. The highest BCUT2D eigenvalue weighted by molar-refractivity contribution is 5.91. The molecule has 138 valence electrons. The molecule has 1 aliphatic carbocycles. The number of hydrogen-bond acceptors (Lipinski definition) is 3. The molecule has 1 fully saturated rings. The number of carboxylic acids is 1. The fraction of sp³-hybridized carbons (Fsp3) is 0.450. The minimum Gasteiger partial charge on any atom is -0.481 e. The molecule has 0 aliphatic heterocycles. The van der Waals surface area contributed by atoms with Crippen LogP contribution in [-0.4, -0.2) is 26.8 Å². The lowest BCUT2D eigenvalue weighted by molar-refractivity contribution is -0.140. The Morgan fingerprint density at radius 2 is 1.81 bits per heavy atom. The van der Waals surface area contributed by atoms with E-state index in [-0.39, 0.29) is 11.9 Å². The molecular weight excluding hydrogens is 330 g/mol. The number of carbonyl (C=O) groups is 2. The van der Waals surface area contributed by atoms with E-state index in [4.69, 9.17) is 0 Å². The average molecular weight is 355 g/mol. The number of aryl methyl sites for hydroxylation is 2. The number of nitrogens with one attached hydrogen (secondary N) is 1. The molecule has 3 atom stereocenters. The van der Waals surface area contributed by atoms with Gasteiger partial charge >= 0.3 is 5.97 Å². The van der Waals surface area contributed by atoms with Gasteiger partial charge in [0, 0.05) is 5.69 Å². The highest BCUT2D eigenvalue weighted by Gasteiger charge is 2.65. The van der Waals surface area contributed by atoms with E-state index >= 15 is 0 Å². The van der Waals surface area contributed by atoms with Crippen LogP contribution >= 0.6 is 0 Å². The maximum Gasteiger partial charge on any atom is 0.307 e. The molecule has 3 rings (SSSR count). The summed E-state index contributed by atoms with van der Waals surface area (Å²) in [6.45, 7) is 9.52. The molecule has 0 radical (unpaired) electrons. The zero-order chi connectivity index (χ0) is 19.2. The molecule has 1 aromatic heterocycles. The van der Waals surface area contributed by atoms with Crippen molar-refractivity contribution in [1.29, 1.82) is 0 Å². The molecule has 6 heteroatoms. The van der Waals surface area contributed by atoms with Crippen LogP contribution in [0.5, 0.6) is 0 Å². The summed E-state index contributed by atoms with van der Waals surface area (Å²) in [7, 11) is 0. The van der Waals surface area contributed by atoms with E-state index in [2.05, 4.69) is 10.4 Å². The summed E-state index contributed by atoms with van der Waals surface area (Å²) in [6, 6.07) is 9.69. The number of amides is 1. The second kappa shape index (κ2) is 6.27. The number of benzene rings is 1. The third kappa shape index (κ3) is 3.11. The van der Waals surface area contributed by atoms with Crippen LogP contribution in [0.3, 0.4) is 0 Å². The number of aromatic nitrogens is 2. The lowest BCUT2D eigenvalue weighted by Crippen LogP contribution is -2.30. The van der Waals surface area contributed by atoms with Gasteiger partial charge in [-0.2, -0.15) is 5.10 Å². The SMILES string of the molecule is Cc1cc(C)n(-c2ccc(C(C)NC(=O)[C@@H]3[C@H](C(=O)O)C3(C)C)cc2)n1. The van der Waals surface area contributed by atoms with E-state index in [9.17, 15) is 14.7 Å². The van der Waals surface area contributed by atoms with Gasteiger partial charge in [-0.05, 0) is 49.9 Å². The average Bonchev–Trinajstić information content (AvgIpc) is 2.99. The van der Waals surface area contributed by atoms with Crippen LogP contribution in [0, 0.1) is 31.1 Å². The Bertz CT molecular complexity index is 852. The first-order valence-electron chi connectivity index (χ1n) is 8.79. The van der Waals surface area contributed by atoms with Crippen LogP contribution in [0.4, 0.5) is 0 Å². The largest absolute Gasteiger partial charge is 0.481 e. The maximum absolute atomic E-state index is 12.5. The molecule has 1 heterocycles. The molecule has 0 bridgehead atoms. The monoisotopic (exact) mass is 355 g/mol. The summed E-state index contributed by atoms with van der Waals surface area (Å²) in [4.78, 5) is 23.7. The first-order valence-corrected chi connectivity index (χ1v) is 8.79. The van der Waals surface area contributed by atoms with Crippen molar-refractivity contribution in [1.82, 2.24) is 15.1 Å². The van der Waals surface area contributed by atoms with Crippen LogP contribution in [0.1, 0.15) is 43.8 Å². The van der Waals surface area contributed by atoms with Gasteiger partial charge in [0.25, 0.3) is 0 Å². The van der Waals surface area contributed by atoms with Crippen molar-refractivity contribution in [2.24, 2.45) is 17.3 Å². The van der Waals surface area contributed by atoms with Crippen molar-refractivity contribution < 1.29 is 14.7 Å². The molecule has 1 unspecified atom stereocenters. The lowest BCUT2D eigenvalue weighted by Gasteiger charge is -2.16. The van der Waals surface area contributed by atoms with Gasteiger partial charge in [-0.15, -0.1) is 0 Å². The van der Waals surface area contributed by atoms with Crippen molar-refractivity contribution >= 4 is 11.9 Å². The predicted molar refractivity (Wildman–Crippen MR) is 98.0 cm³/mol. The van der Waals surface area contributed by atoms with Gasteiger partial charge < -0.3 is 10.4 Å². The zero-order valence-corrected chi connectivity index (χ0v) is 15.8. The topological polar surface area (TPSA) is 84.2 Å². The predicted octanol–water partition coefficient (Wildman–Crippen LogP) is 3.02. The summed E-state index contributed by atoms with van der Waals surface area (Å²) in [5.74, 6) is -2.19. The van der Waals surface area contributed by atoms with Crippen molar-refractivity contribution in [3.8, 4) is 5.69 Å². The minimum absolute atomic E-state index is 0.192. The second-order valence-electron chi connectivity index (χ2n) is 7.78. The molecule has 2 aromatic rings. The van der Waals surface area contributed by atoms with Crippen molar-refractivity contribution in [3.63, 3.8) is 0 Å².